The molecule has 0 amide bonds. The maximum absolute atomic E-state index is 14.2. The van der Waals surface area contributed by atoms with Gasteiger partial charge in [0.1, 0.15) is 39.3 Å². The van der Waals surface area contributed by atoms with Crippen LogP contribution in [0.4, 0.5) is 10.2 Å². The average Bonchev–Trinajstić information content (AvgIpc) is 3.50. The van der Waals surface area contributed by atoms with E-state index in [9.17, 15) is 12.8 Å². The molecule has 1 aliphatic heterocycles. The van der Waals surface area contributed by atoms with Crippen molar-refractivity contribution in [1.82, 2.24) is 34.6 Å². The van der Waals surface area contributed by atoms with Gasteiger partial charge < -0.3 is 15.6 Å². The highest BCUT2D eigenvalue weighted by Gasteiger charge is 2.26. The van der Waals surface area contributed by atoms with Gasteiger partial charge in [0.2, 0.25) is 0 Å². The molecule has 12 heteroatoms. The molecule has 0 atom stereocenters. The number of fused-ring (bicyclic) bond motifs is 2. The monoisotopic (exact) mass is 548 g/mol. The number of aromatic nitrogens is 6. The first-order valence-corrected chi connectivity index (χ1v) is 14.9. The van der Waals surface area contributed by atoms with Crippen molar-refractivity contribution in [3.8, 4) is 11.3 Å². The van der Waals surface area contributed by atoms with E-state index in [1.165, 1.54) is 18.6 Å². The van der Waals surface area contributed by atoms with Gasteiger partial charge in [-0.1, -0.05) is 24.3 Å². The van der Waals surface area contributed by atoms with Gasteiger partial charge in [-0.25, -0.2) is 32.4 Å². The maximum Gasteiger partial charge on any atom is 0.164 e. The van der Waals surface area contributed by atoms with E-state index in [1.54, 1.807) is 12.1 Å². The third kappa shape index (κ3) is 5.21. The zero-order chi connectivity index (χ0) is 27.1. The minimum Gasteiger partial charge on any atom is -0.383 e. The fourth-order valence-electron chi connectivity index (χ4n) is 5.25. The van der Waals surface area contributed by atoms with Crippen LogP contribution in [0.5, 0.6) is 0 Å². The molecular formula is C27H29FN8O2S. The summed E-state index contributed by atoms with van der Waals surface area (Å²) < 4.78 is 39.2. The normalized spacial score (nSPS) is 15.4. The molecule has 6 rings (SSSR count). The van der Waals surface area contributed by atoms with Gasteiger partial charge in [-0.05, 0) is 36.6 Å². The molecule has 0 bridgehead atoms. The lowest BCUT2D eigenvalue weighted by Crippen LogP contribution is -2.37. The number of halogens is 1. The van der Waals surface area contributed by atoms with Crippen molar-refractivity contribution in [1.29, 1.82) is 0 Å². The smallest absolute Gasteiger partial charge is 0.164 e. The number of anilines is 1. The van der Waals surface area contributed by atoms with Crippen LogP contribution in [0, 0.1) is 5.82 Å². The molecule has 0 aliphatic carbocycles. The van der Waals surface area contributed by atoms with Crippen LogP contribution in [-0.2, 0) is 16.3 Å². The predicted octanol–water partition coefficient (Wildman–Crippen LogP) is 3.36. The number of nitrogens with two attached hydrogens (primary N) is 1. The number of H-pyrrole nitrogens is 1. The van der Waals surface area contributed by atoms with Crippen LogP contribution >= 0.6 is 0 Å². The highest BCUT2D eigenvalue weighted by Crippen LogP contribution is 2.35. The van der Waals surface area contributed by atoms with Crippen molar-refractivity contribution in [3.63, 3.8) is 0 Å². The van der Waals surface area contributed by atoms with E-state index in [1.807, 2.05) is 28.9 Å². The number of nitrogens with zero attached hydrogens (tertiary/aromatic N) is 6. The summed E-state index contributed by atoms with van der Waals surface area (Å²) in [4.78, 5) is 18.9. The highest BCUT2D eigenvalue weighted by atomic mass is 32.2. The largest absolute Gasteiger partial charge is 0.383 e. The van der Waals surface area contributed by atoms with Crippen molar-refractivity contribution in [3.05, 3.63) is 66.0 Å². The Kier molecular flexibility index (Phi) is 6.51. The Morgan fingerprint density at radius 2 is 1.92 bits per heavy atom. The third-order valence-electron chi connectivity index (χ3n) is 7.32. The average molecular weight is 549 g/mol. The van der Waals surface area contributed by atoms with Gasteiger partial charge in [0, 0.05) is 37.9 Å². The fraction of sp³-hybridized carbons (Fsp3) is 0.333. The van der Waals surface area contributed by atoms with Crippen LogP contribution in [0.25, 0.3) is 33.3 Å². The molecule has 3 aromatic heterocycles. The molecule has 0 saturated carbocycles. The number of hydrogen-bond donors (Lipinski definition) is 2. The Labute approximate surface area is 225 Å². The van der Waals surface area contributed by atoms with Gasteiger partial charge in [-0.2, -0.15) is 5.10 Å². The SMILES string of the molecule is CS(=O)(=O)CCN1CCC(n2nc(-c3ccc4nc(Cc5ccccc5F)[nH]c4c3)c3c(N)ncnc32)CC1. The topological polar surface area (TPSA) is 136 Å². The second kappa shape index (κ2) is 10.0. The van der Waals surface area contributed by atoms with E-state index in [2.05, 4.69) is 24.8 Å². The van der Waals surface area contributed by atoms with Crippen molar-refractivity contribution in [2.24, 2.45) is 0 Å². The molecule has 10 nitrogen and oxygen atoms in total. The molecule has 0 unspecified atom stereocenters. The summed E-state index contributed by atoms with van der Waals surface area (Å²) in [5, 5.41) is 5.68. The number of imidazole rings is 1. The van der Waals surface area contributed by atoms with Gasteiger partial charge in [0.05, 0.1) is 28.2 Å². The number of rotatable bonds is 7. The highest BCUT2D eigenvalue weighted by molar-refractivity contribution is 7.90. The first kappa shape index (κ1) is 25.4. The third-order valence-corrected chi connectivity index (χ3v) is 8.24. The van der Waals surface area contributed by atoms with Crippen LogP contribution in [-0.4, -0.2) is 74.7 Å². The van der Waals surface area contributed by atoms with Crippen molar-refractivity contribution in [2.75, 3.05) is 37.4 Å². The summed E-state index contributed by atoms with van der Waals surface area (Å²) >= 11 is 0. The maximum atomic E-state index is 14.2. The zero-order valence-corrected chi connectivity index (χ0v) is 22.3. The molecule has 3 N–H and O–H groups in total. The molecule has 202 valence electrons. The number of nitrogen functional groups attached to an aromatic ring is 1. The molecule has 1 fully saturated rings. The second-order valence-electron chi connectivity index (χ2n) is 10.1. The number of likely N-dealkylation sites (tertiary alicyclic amines) is 1. The van der Waals surface area contributed by atoms with E-state index in [0.717, 1.165) is 42.5 Å². The number of piperidine rings is 1. The summed E-state index contributed by atoms with van der Waals surface area (Å²) in [5.74, 6) is 0.936. The van der Waals surface area contributed by atoms with Gasteiger partial charge in [0.15, 0.2) is 5.65 Å². The van der Waals surface area contributed by atoms with Crippen LogP contribution < -0.4 is 5.73 Å². The Bertz CT molecular complexity index is 1770. The zero-order valence-electron chi connectivity index (χ0n) is 21.5. The molecule has 2 aromatic carbocycles. The first-order valence-electron chi connectivity index (χ1n) is 12.9. The second-order valence-corrected chi connectivity index (χ2v) is 12.4. The molecule has 0 spiro atoms. The lowest BCUT2D eigenvalue weighted by molar-refractivity contribution is 0.190. The van der Waals surface area contributed by atoms with Crippen LogP contribution in [0.3, 0.4) is 0 Å². The number of sulfone groups is 1. The summed E-state index contributed by atoms with van der Waals surface area (Å²) in [6, 6.07) is 12.6. The van der Waals surface area contributed by atoms with Crippen LogP contribution in [0.2, 0.25) is 0 Å². The molecule has 39 heavy (non-hydrogen) atoms. The standard InChI is InChI=1S/C27H29FN8O2S/c1-39(37,38)13-12-35-10-8-19(9-11-35)36-27-24(26(29)30-16-31-27)25(34-36)18-6-7-21-22(14-18)33-23(32-21)15-17-4-2-3-5-20(17)28/h2-7,14,16,19H,8-13,15H2,1H3,(H,32,33)(H2,29,30,31). The van der Waals surface area contributed by atoms with Gasteiger partial charge in [-0.3, -0.25) is 0 Å². The van der Waals surface area contributed by atoms with Gasteiger partial charge in [-0.15, -0.1) is 0 Å². The number of benzene rings is 2. The predicted molar refractivity (Wildman–Crippen MR) is 148 cm³/mol. The minimum absolute atomic E-state index is 0.105. The van der Waals surface area contributed by atoms with E-state index < -0.39 is 9.84 Å². The number of hydrogen-bond acceptors (Lipinski definition) is 8. The Morgan fingerprint density at radius 3 is 2.69 bits per heavy atom. The quantitative estimate of drug-likeness (QED) is 0.316. The minimum atomic E-state index is -3.00. The van der Waals surface area contributed by atoms with E-state index in [4.69, 9.17) is 10.8 Å². The van der Waals surface area contributed by atoms with Crippen LogP contribution in [0.1, 0.15) is 30.3 Å². The van der Waals surface area contributed by atoms with Crippen LogP contribution in [0.15, 0.2) is 48.8 Å². The number of nitrogens with one attached hydrogen (secondary N) is 1. The lowest BCUT2D eigenvalue weighted by atomic mass is 10.1. The number of aromatic amines is 1. The fourth-order valence-corrected chi connectivity index (χ4v) is 5.84. The Morgan fingerprint density at radius 1 is 1.13 bits per heavy atom. The van der Waals surface area contributed by atoms with E-state index in [-0.39, 0.29) is 17.6 Å². The molecule has 5 aromatic rings. The van der Waals surface area contributed by atoms with Crippen molar-refractivity contribution >= 4 is 37.7 Å². The Hall–Kier alpha value is -3.90. The summed E-state index contributed by atoms with van der Waals surface area (Å²) in [6.07, 6.45) is 4.73. The van der Waals surface area contributed by atoms with E-state index >= 15 is 0 Å². The lowest BCUT2D eigenvalue weighted by Gasteiger charge is -2.31. The molecular weight excluding hydrogens is 519 g/mol. The van der Waals surface area contributed by atoms with E-state index in [0.29, 0.717) is 46.9 Å². The van der Waals surface area contributed by atoms with Gasteiger partial charge >= 0.3 is 0 Å². The molecule has 1 saturated heterocycles. The van der Waals surface area contributed by atoms with Gasteiger partial charge in [0.25, 0.3) is 0 Å². The Balaban J connectivity index is 1.30. The van der Waals surface area contributed by atoms with Crippen molar-refractivity contribution < 1.29 is 12.8 Å². The molecule has 1 aliphatic rings. The molecule has 0 radical (unpaired) electrons. The van der Waals surface area contributed by atoms with Crippen molar-refractivity contribution in [2.45, 2.75) is 25.3 Å². The summed E-state index contributed by atoms with van der Waals surface area (Å²) in [7, 11) is -3.00. The summed E-state index contributed by atoms with van der Waals surface area (Å²) in [5.41, 5.74) is 10.7. The first-order chi connectivity index (χ1) is 18.7. The summed E-state index contributed by atoms with van der Waals surface area (Å²) in [6.45, 7) is 2.10. The molecule has 4 heterocycles.